The van der Waals surface area contributed by atoms with Crippen LogP contribution in [-0.4, -0.2) is 21.8 Å². The third-order valence-corrected chi connectivity index (χ3v) is 3.79. The van der Waals surface area contributed by atoms with Crippen molar-refractivity contribution in [3.8, 4) is 0 Å². The maximum absolute atomic E-state index is 12.3. The highest BCUT2D eigenvalue weighted by Gasteiger charge is 2.34. The second kappa shape index (κ2) is 5.48. The van der Waals surface area contributed by atoms with Crippen LogP contribution in [-0.2, 0) is 6.54 Å². The molecule has 2 aromatic carbocycles. The Hall–Kier alpha value is -2.88. The Kier molecular flexibility index (Phi) is 3.51. The van der Waals surface area contributed by atoms with Crippen molar-refractivity contribution in [3.63, 3.8) is 0 Å². The Bertz CT molecular complexity index is 757. The zero-order valence-electron chi connectivity index (χ0n) is 12.1. The number of aliphatic hydroxyl groups is 1. The summed E-state index contributed by atoms with van der Waals surface area (Å²) >= 11 is 0. The van der Waals surface area contributed by atoms with Crippen molar-refractivity contribution in [2.45, 2.75) is 13.5 Å². The monoisotopic (exact) mass is 293 g/mol. The summed E-state index contributed by atoms with van der Waals surface area (Å²) in [4.78, 5) is 25.9. The topological polar surface area (TPSA) is 57.6 Å². The van der Waals surface area contributed by atoms with E-state index < -0.39 is 0 Å². The van der Waals surface area contributed by atoms with E-state index in [1.54, 1.807) is 31.2 Å². The van der Waals surface area contributed by atoms with Crippen molar-refractivity contribution in [3.05, 3.63) is 77.0 Å². The van der Waals surface area contributed by atoms with E-state index >= 15 is 0 Å². The molecule has 0 atom stereocenters. The molecule has 2 amide bonds. The van der Waals surface area contributed by atoms with E-state index in [0.29, 0.717) is 11.1 Å². The first-order valence-corrected chi connectivity index (χ1v) is 6.97. The number of imide groups is 1. The van der Waals surface area contributed by atoms with Gasteiger partial charge in [-0.1, -0.05) is 30.3 Å². The summed E-state index contributed by atoms with van der Waals surface area (Å²) in [6.07, 6.45) is 1.04. The molecule has 3 rings (SSSR count). The van der Waals surface area contributed by atoms with Gasteiger partial charge in [0.15, 0.2) is 0 Å². The number of carbonyl (C=O) groups is 2. The molecule has 0 saturated heterocycles. The van der Waals surface area contributed by atoms with Crippen molar-refractivity contribution < 1.29 is 14.7 Å². The molecule has 4 heteroatoms. The number of rotatable bonds is 3. The molecule has 0 saturated carbocycles. The predicted octanol–water partition coefficient (Wildman–Crippen LogP) is 3.40. The number of nitrogens with zero attached hydrogens (tertiary/aromatic N) is 1. The van der Waals surface area contributed by atoms with Crippen LogP contribution in [0, 0.1) is 0 Å². The Morgan fingerprint density at radius 3 is 2.27 bits per heavy atom. The van der Waals surface area contributed by atoms with Crippen molar-refractivity contribution in [2.24, 2.45) is 0 Å². The van der Waals surface area contributed by atoms with E-state index in [9.17, 15) is 9.59 Å². The lowest BCUT2D eigenvalue weighted by Crippen LogP contribution is -2.29. The molecule has 1 aliphatic rings. The van der Waals surface area contributed by atoms with Gasteiger partial charge in [0, 0.05) is 0 Å². The first-order chi connectivity index (χ1) is 10.6. The minimum Gasteiger partial charge on any atom is -0.515 e. The minimum atomic E-state index is -0.263. The fraction of sp³-hybridized carbons (Fsp3) is 0.111. The maximum Gasteiger partial charge on any atom is 0.261 e. The molecule has 1 heterocycles. The average Bonchev–Trinajstić information content (AvgIpc) is 2.80. The SMILES string of the molecule is C/C(=C\O)c1cccc(CN2C(=O)c3ccccc3C2=O)c1. The highest BCUT2D eigenvalue weighted by molar-refractivity contribution is 6.21. The third-order valence-electron chi connectivity index (χ3n) is 3.79. The number of aliphatic hydroxyl groups excluding tert-OH is 1. The van der Waals surface area contributed by atoms with E-state index in [0.717, 1.165) is 23.0 Å². The summed E-state index contributed by atoms with van der Waals surface area (Å²) in [6.45, 7) is 2.01. The van der Waals surface area contributed by atoms with E-state index in [1.165, 1.54) is 4.90 Å². The Balaban J connectivity index is 1.89. The number of carbonyl (C=O) groups excluding carboxylic acids is 2. The highest BCUT2D eigenvalue weighted by Crippen LogP contribution is 2.25. The molecule has 4 nitrogen and oxygen atoms in total. The molecule has 1 aliphatic heterocycles. The molecule has 0 fully saturated rings. The number of fused-ring (bicyclic) bond motifs is 1. The van der Waals surface area contributed by atoms with Crippen molar-refractivity contribution in [1.82, 2.24) is 4.90 Å². The Morgan fingerprint density at radius 1 is 1.05 bits per heavy atom. The number of hydrogen-bond acceptors (Lipinski definition) is 3. The van der Waals surface area contributed by atoms with Gasteiger partial charge in [0.2, 0.25) is 0 Å². The van der Waals surface area contributed by atoms with Crippen LogP contribution in [0.15, 0.2) is 54.8 Å². The van der Waals surface area contributed by atoms with Gasteiger partial charge < -0.3 is 5.11 Å². The largest absolute Gasteiger partial charge is 0.515 e. The Labute approximate surface area is 128 Å². The van der Waals surface area contributed by atoms with Crippen LogP contribution < -0.4 is 0 Å². The molecule has 1 N–H and O–H groups in total. The van der Waals surface area contributed by atoms with E-state index in [4.69, 9.17) is 5.11 Å². The lowest BCUT2D eigenvalue weighted by atomic mass is 10.1. The van der Waals surface area contributed by atoms with Gasteiger partial charge in [-0.2, -0.15) is 0 Å². The van der Waals surface area contributed by atoms with E-state index in [2.05, 4.69) is 0 Å². The summed E-state index contributed by atoms with van der Waals surface area (Å²) in [6, 6.07) is 14.3. The van der Waals surface area contributed by atoms with Crippen LogP contribution in [0.2, 0.25) is 0 Å². The fourth-order valence-electron chi connectivity index (χ4n) is 2.55. The van der Waals surface area contributed by atoms with Crippen molar-refractivity contribution >= 4 is 17.4 Å². The van der Waals surface area contributed by atoms with Crippen LogP contribution in [0.25, 0.3) is 5.57 Å². The number of allylic oxidation sites excluding steroid dienone is 1. The van der Waals surface area contributed by atoms with Crippen LogP contribution in [0.4, 0.5) is 0 Å². The summed E-state index contributed by atoms with van der Waals surface area (Å²) < 4.78 is 0. The van der Waals surface area contributed by atoms with Gasteiger partial charge in [-0.15, -0.1) is 0 Å². The molecule has 0 unspecified atom stereocenters. The predicted molar refractivity (Wildman–Crippen MR) is 83.4 cm³/mol. The van der Waals surface area contributed by atoms with Gasteiger partial charge in [-0.25, -0.2) is 0 Å². The molecule has 22 heavy (non-hydrogen) atoms. The number of amides is 2. The van der Waals surface area contributed by atoms with Crippen LogP contribution in [0.3, 0.4) is 0 Å². The summed E-state index contributed by atoms with van der Waals surface area (Å²) in [5, 5.41) is 9.09. The number of benzene rings is 2. The lowest BCUT2D eigenvalue weighted by molar-refractivity contribution is 0.0642. The summed E-state index contributed by atoms with van der Waals surface area (Å²) in [5.74, 6) is -0.527. The van der Waals surface area contributed by atoms with Gasteiger partial charge in [0.25, 0.3) is 11.8 Å². The Morgan fingerprint density at radius 2 is 1.68 bits per heavy atom. The van der Waals surface area contributed by atoms with E-state index in [-0.39, 0.29) is 18.4 Å². The second-order valence-corrected chi connectivity index (χ2v) is 5.25. The maximum atomic E-state index is 12.3. The summed E-state index contributed by atoms with van der Waals surface area (Å²) in [7, 11) is 0. The normalized spacial score (nSPS) is 14.4. The smallest absolute Gasteiger partial charge is 0.261 e. The minimum absolute atomic E-state index is 0.221. The van der Waals surface area contributed by atoms with Gasteiger partial charge >= 0.3 is 0 Å². The van der Waals surface area contributed by atoms with Gasteiger partial charge in [-0.05, 0) is 41.8 Å². The first kappa shape index (κ1) is 14.1. The molecular formula is C18H15NO3. The van der Waals surface area contributed by atoms with Gasteiger partial charge in [-0.3, -0.25) is 14.5 Å². The van der Waals surface area contributed by atoms with E-state index in [1.807, 2.05) is 24.3 Å². The first-order valence-electron chi connectivity index (χ1n) is 6.97. The van der Waals surface area contributed by atoms with Crippen LogP contribution >= 0.6 is 0 Å². The van der Waals surface area contributed by atoms with Gasteiger partial charge in [0.05, 0.1) is 23.9 Å². The molecule has 0 spiro atoms. The quantitative estimate of drug-likeness (QED) is 0.697. The zero-order valence-corrected chi connectivity index (χ0v) is 12.1. The van der Waals surface area contributed by atoms with Crippen molar-refractivity contribution in [2.75, 3.05) is 0 Å². The van der Waals surface area contributed by atoms with Crippen molar-refractivity contribution in [1.29, 1.82) is 0 Å². The standard InChI is InChI=1S/C18H15NO3/c1-12(11-20)14-6-4-5-13(9-14)10-19-17(21)15-7-2-3-8-16(15)18(19)22/h2-9,11,20H,10H2,1H3/b12-11+. The lowest BCUT2D eigenvalue weighted by Gasteiger charge is -2.14. The average molecular weight is 293 g/mol. The summed E-state index contributed by atoms with van der Waals surface area (Å²) in [5.41, 5.74) is 3.33. The molecular weight excluding hydrogens is 278 g/mol. The zero-order chi connectivity index (χ0) is 15.7. The molecule has 2 aromatic rings. The highest BCUT2D eigenvalue weighted by atomic mass is 16.2. The second-order valence-electron chi connectivity index (χ2n) is 5.25. The number of hydrogen-bond donors (Lipinski definition) is 1. The molecule has 110 valence electrons. The fourth-order valence-corrected chi connectivity index (χ4v) is 2.55. The molecule has 0 bridgehead atoms. The molecule has 0 aliphatic carbocycles. The molecule has 0 aromatic heterocycles. The third kappa shape index (κ3) is 2.29. The van der Waals surface area contributed by atoms with Gasteiger partial charge in [0.1, 0.15) is 0 Å². The van der Waals surface area contributed by atoms with Crippen LogP contribution in [0.5, 0.6) is 0 Å². The van der Waals surface area contributed by atoms with Crippen LogP contribution in [0.1, 0.15) is 38.8 Å². The molecule has 0 radical (unpaired) electrons.